The van der Waals surface area contributed by atoms with Gasteiger partial charge in [-0.2, -0.15) is 0 Å². The van der Waals surface area contributed by atoms with Crippen LogP contribution in [0, 0.1) is 20.8 Å². The van der Waals surface area contributed by atoms with Crippen molar-refractivity contribution in [3.8, 4) is 5.75 Å². The smallest absolute Gasteiger partial charge is 0.261 e. The molecule has 5 heteroatoms. The summed E-state index contributed by atoms with van der Waals surface area (Å²) >= 11 is 0. The molecule has 0 heterocycles. The molecule has 0 saturated heterocycles. The van der Waals surface area contributed by atoms with Gasteiger partial charge in [-0.05, 0) is 62.4 Å². The van der Waals surface area contributed by atoms with E-state index in [4.69, 9.17) is 4.74 Å². The van der Waals surface area contributed by atoms with Gasteiger partial charge in [0.25, 0.3) is 5.91 Å². The SMILES string of the molecule is CNC(=O)[C@H](C)N(CCc1ccccc1)C(=O)COc1cc(C)cc(C)c1C. The summed E-state index contributed by atoms with van der Waals surface area (Å²) in [5, 5.41) is 2.62. The lowest BCUT2D eigenvalue weighted by Crippen LogP contribution is -2.49. The fourth-order valence-electron chi connectivity index (χ4n) is 3.15. The predicted octanol–water partition coefficient (Wildman–Crippen LogP) is 3.20. The summed E-state index contributed by atoms with van der Waals surface area (Å²) in [5.41, 5.74) is 4.36. The first-order chi connectivity index (χ1) is 13.3. The van der Waals surface area contributed by atoms with Gasteiger partial charge in [-0.3, -0.25) is 9.59 Å². The minimum atomic E-state index is -0.565. The topological polar surface area (TPSA) is 58.6 Å². The molecule has 0 spiro atoms. The number of likely N-dealkylation sites (N-methyl/N-ethyl adjacent to an activating group) is 1. The zero-order chi connectivity index (χ0) is 20.7. The Morgan fingerprint density at radius 2 is 1.79 bits per heavy atom. The Hall–Kier alpha value is -2.82. The first kappa shape index (κ1) is 21.5. The molecular formula is C23H30N2O3. The number of nitrogens with zero attached hydrogens (tertiary/aromatic N) is 1. The summed E-state index contributed by atoms with van der Waals surface area (Å²) in [6.07, 6.45) is 0.677. The van der Waals surface area contributed by atoms with E-state index in [1.54, 1.807) is 18.9 Å². The van der Waals surface area contributed by atoms with E-state index in [-0.39, 0.29) is 18.4 Å². The van der Waals surface area contributed by atoms with Crippen molar-refractivity contribution in [1.29, 1.82) is 0 Å². The molecular weight excluding hydrogens is 352 g/mol. The quantitative estimate of drug-likeness (QED) is 0.763. The zero-order valence-corrected chi connectivity index (χ0v) is 17.4. The van der Waals surface area contributed by atoms with Crippen molar-refractivity contribution in [2.24, 2.45) is 0 Å². The minimum absolute atomic E-state index is 0.0974. The number of amides is 2. The van der Waals surface area contributed by atoms with Gasteiger partial charge in [0.2, 0.25) is 5.91 Å². The Balaban J connectivity index is 2.10. The molecule has 150 valence electrons. The lowest BCUT2D eigenvalue weighted by Gasteiger charge is -2.28. The molecule has 28 heavy (non-hydrogen) atoms. The summed E-state index contributed by atoms with van der Waals surface area (Å²) in [5.74, 6) is 0.316. The lowest BCUT2D eigenvalue weighted by molar-refractivity contribution is -0.141. The number of hydrogen-bond acceptors (Lipinski definition) is 3. The molecule has 0 saturated carbocycles. The fraction of sp³-hybridized carbons (Fsp3) is 0.391. The van der Waals surface area contributed by atoms with E-state index in [0.29, 0.717) is 18.7 Å². The molecule has 0 unspecified atom stereocenters. The highest BCUT2D eigenvalue weighted by Crippen LogP contribution is 2.23. The Morgan fingerprint density at radius 3 is 2.43 bits per heavy atom. The van der Waals surface area contributed by atoms with Crippen molar-refractivity contribution >= 4 is 11.8 Å². The number of aryl methyl sites for hydroxylation is 2. The number of rotatable bonds is 8. The monoisotopic (exact) mass is 382 g/mol. The van der Waals surface area contributed by atoms with Crippen molar-refractivity contribution in [2.45, 2.75) is 40.2 Å². The molecule has 0 aliphatic carbocycles. The van der Waals surface area contributed by atoms with Gasteiger partial charge in [-0.1, -0.05) is 36.4 Å². The van der Waals surface area contributed by atoms with Gasteiger partial charge in [0.1, 0.15) is 11.8 Å². The average Bonchev–Trinajstić information content (AvgIpc) is 2.69. The number of carbonyl (C=O) groups excluding carboxylic acids is 2. The first-order valence-electron chi connectivity index (χ1n) is 9.59. The summed E-state index contributed by atoms with van der Waals surface area (Å²) in [4.78, 5) is 26.6. The maximum atomic E-state index is 12.9. The average molecular weight is 383 g/mol. The Labute approximate surface area is 167 Å². The molecule has 5 nitrogen and oxygen atoms in total. The maximum Gasteiger partial charge on any atom is 0.261 e. The van der Waals surface area contributed by atoms with E-state index in [1.807, 2.05) is 57.2 Å². The molecule has 0 bridgehead atoms. The Morgan fingerprint density at radius 1 is 1.11 bits per heavy atom. The van der Waals surface area contributed by atoms with Gasteiger partial charge in [-0.15, -0.1) is 0 Å². The van der Waals surface area contributed by atoms with Gasteiger partial charge in [0.15, 0.2) is 6.61 Å². The summed E-state index contributed by atoms with van der Waals surface area (Å²) in [6, 6.07) is 13.4. The molecule has 0 aliphatic rings. The van der Waals surface area contributed by atoms with Crippen molar-refractivity contribution in [3.05, 3.63) is 64.7 Å². The molecule has 2 rings (SSSR count). The molecule has 2 aromatic rings. The van der Waals surface area contributed by atoms with Crippen molar-refractivity contribution < 1.29 is 14.3 Å². The third-order valence-electron chi connectivity index (χ3n) is 5.01. The van der Waals surface area contributed by atoms with Crippen LogP contribution in [0.3, 0.4) is 0 Å². The van der Waals surface area contributed by atoms with E-state index in [0.717, 1.165) is 22.3 Å². The van der Waals surface area contributed by atoms with Crippen LogP contribution in [0.4, 0.5) is 0 Å². The van der Waals surface area contributed by atoms with Gasteiger partial charge < -0.3 is 15.0 Å². The summed E-state index contributed by atoms with van der Waals surface area (Å²) in [7, 11) is 1.58. The van der Waals surface area contributed by atoms with E-state index in [2.05, 4.69) is 11.4 Å². The second-order valence-electron chi connectivity index (χ2n) is 7.11. The third kappa shape index (κ3) is 5.59. The number of nitrogens with one attached hydrogen (secondary N) is 1. The maximum absolute atomic E-state index is 12.9. The standard InChI is InChI=1S/C23H30N2O3/c1-16-13-17(2)18(3)21(14-16)28-15-22(26)25(19(4)23(27)24-5)12-11-20-9-7-6-8-10-20/h6-10,13-14,19H,11-12,15H2,1-5H3,(H,24,27)/t19-/m0/s1. The van der Waals surface area contributed by atoms with Crippen LogP contribution in [-0.2, 0) is 16.0 Å². The molecule has 0 aliphatic heterocycles. The first-order valence-corrected chi connectivity index (χ1v) is 9.59. The van der Waals surface area contributed by atoms with Crippen LogP contribution >= 0.6 is 0 Å². The number of benzene rings is 2. The second kappa shape index (κ2) is 9.93. The van der Waals surface area contributed by atoms with E-state index in [1.165, 1.54) is 0 Å². The largest absolute Gasteiger partial charge is 0.483 e. The molecule has 0 radical (unpaired) electrons. The minimum Gasteiger partial charge on any atom is -0.483 e. The van der Waals surface area contributed by atoms with Crippen LogP contribution in [0.1, 0.15) is 29.2 Å². The number of ether oxygens (including phenoxy) is 1. The van der Waals surface area contributed by atoms with Gasteiger partial charge in [0, 0.05) is 13.6 Å². The van der Waals surface area contributed by atoms with Crippen LogP contribution < -0.4 is 10.1 Å². The van der Waals surface area contributed by atoms with E-state index < -0.39 is 6.04 Å². The number of hydrogen-bond donors (Lipinski definition) is 1. The van der Waals surface area contributed by atoms with Crippen LogP contribution in [-0.4, -0.2) is 43.0 Å². The Kier molecular flexibility index (Phi) is 7.61. The highest BCUT2D eigenvalue weighted by atomic mass is 16.5. The van der Waals surface area contributed by atoms with Crippen LogP contribution in [0.15, 0.2) is 42.5 Å². The zero-order valence-electron chi connectivity index (χ0n) is 17.4. The summed E-state index contributed by atoms with van der Waals surface area (Å²) in [6.45, 7) is 8.10. The van der Waals surface area contributed by atoms with Gasteiger partial charge in [0.05, 0.1) is 0 Å². The normalized spacial score (nSPS) is 11.6. The number of carbonyl (C=O) groups is 2. The van der Waals surface area contributed by atoms with E-state index >= 15 is 0 Å². The van der Waals surface area contributed by atoms with Crippen molar-refractivity contribution in [3.63, 3.8) is 0 Å². The van der Waals surface area contributed by atoms with Crippen LogP contribution in [0.2, 0.25) is 0 Å². The van der Waals surface area contributed by atoms with E-state index in [9.17, 15) is 9.59 Å². The molecule has 2 amide bonds. The van der Waals surface area contributed by atoms with Crippen molar-refractivity contribution in [2.75, 3.05) is 20.2 Å². The van der Waals surface area contributed by atoms with Crippen LogP contribution in [0.5, 0.6) is 5.75 Å². The Bertz CT molecular complexity index is 818. The van der Waals surface area contributed by atoms with Crippen molar-refractivity contribution in [1.82, 2.24) is 10.2 Å². The highest BCUT2D eigenvalue weighted by molar-refractivity contribution is 5.87. The lowest BCUT2D eigenvalue weighted by atomic mass is 10.1. The summed E-state index contributed by atoms with van der Waals surface area (Å²) < 4.78 is 5.83. The van der Waals surface area contributed by atoms with Gasteiger partial charge >= 0.3 is 0 Å². The fourth-order valence-corrected chi connectivity index (χ4v) is 3.15. The third-order valence-corrected chi connectivity index (χ3v) is 5.01. The highest BCUT2D eigenvalue weighted by Gasteiger charge is 2.25. The second-order valence-corrected chi connectivity index (χ2v) is 7.11. The predicted molar refractivity (Wildman–Crippen MR) is 112 cm³/mol. The molecule has 2 aromatic carbocycles. The van der Waals surface area contributed by atoms with Crippen LogP contribution in [0.25, 0.3) is 0 Å². The molecule has 1 atom stereocenters. The van der Waals surface area contributed by atoms with Gasteiger partial charge in [-0.25, -0.2) is 0 Å². The molecule has 0 aromatic heterocycles. The molecule has 1 N–H and O–H groups in total. The molecule has 0 fully saturated rings.